The quantitative estimate of drug-likeness (QED) is 0.407. The number of ether oxygens (including phenoxy) is 1. The monoisotopic (exact) mass is 442 g/mol. The zero-order chi connectivity index (χ0) is 23.5. The second kappa shape index (κ2) is 9.20. The fraction of sp³-hybridized carbons (Fsp3) is 0.185. The van der Waals surface area contributed by atoms with Gasteiger partial charge in [-0.3, -0.25) is 14.4 Å². The van der Waals surface area contributed by atoms with Crippen LogP contribution in [0.5, 0.6) is 5.75 Å². The van der Waals surface area contributed by atoms with Gasteiger partial charge in [0.25, 0.3) is 6.47 Å². The van der Waals surface area contributed by atoms with E-state index in [9.17, 15) is 24.3 Å². The number of carboxylic acids is 1. The molecule has 0 radical (unpaired) electrons. The van der Waals surface area contributed by atoms with E-state index in [1.165, 1.54) is 19.1 Å². The van der Waals surface area contributed by atoms with Gasteiger partial charge in [0.05, 0.1) is 5.56 Å². The zero-order valence-electron chi connectivity index (χ0n) is 17.9. The second-order valence-electron chi connectivity index (χ2n) is 8.15. The molecule has 1 aliphatic rings. The number of benzene rings is 3. The predicted molar refractivity (Wildman–Crippen MR) is 120 cm³/mol. The molecular formula is C27H22O6. The third kappa shape index (κ3) is 4.20. The molecule has 1 saturated carbocycles. The van der Waals surface area contributed by atoms with Gasteiger partial charge in [-0.05, 0) is 54.4 Å². The summed E-state index contributed by atoms with van der Waals surface area (Å²) in [4.78, 5) is 48.1. The normalized spacial score (nSPS) is 21.5. The van der Waals surface area contributed by atoms with Crippen molar-refractivity contribution >= 4 is 24.0 Å². The van der Waals surface area contributed by atoms with Crippen LogP contribution in [0.1, 0.15) is 50.6 Å². The van der Waals surface area contributed by atoms with Crippen LogP contribution in [0.3, 0.4) is 0 Å². The summed E-state index contributed by atoms with van der Waals surface area (Å²) >= 11 is 0. The molecule has 6 nitrogen and oxygen atoms in total. The van der Waals surface area contributed by atoms with Crippen molar-refractivity contribution in [1.82, 2.24) is 0 Å². The molecule has 0 bridgehead atoms. The molecule has 0 heterocycles. The van der Waals surface area contributed by atoms with Crippen LogP contribution in [0.4, 0.5) is 0 Å². The molecule has 166 valence electrons. The maximum atomic E-state index is 13.6. The van der Waals surface area contributed by atoms with Crippen molar-refractivity contribution in [3.05, 3.63) is 101 Å². The van der Waals surface area contributed by atoms with Gasteiger partial charge in [0.1, 0.15) is 11.5 Å². The highest BCUT2D eigenvalue weighted by Crippen LogP contribution is 2.59. The Morgan fingerprint density at radius 1 is 0.758 bits per heavy atom. The fourth-order valence-electron chi connectivity index (χ4n) is 4.88. The first-order chi connectivity index (χ1) is 15.9. The van der Waals surface area contributed by atoms with E-state index >= 15 is 0 Å². The van der Waals surface area contributed by atoms with Crippen molar-refractivity contribution in [3.8, 4) is 5.75 Å². The van der Waals surface area contributed by atoms with Crippen LogP contribution in [0.15, 0.2) is 78.9 Å². The molecule has 1 aliphatic carbocycles. The van der Waals surface area contributed by atoms with Gasteiger partial charge in [0.2, 0.25) is 0 Å². The van der Waals surface area contributed by atoms with Crippen molar-refractivity contribution in [1.29, 1.82) is 0 Å². The molecule has 0 aliphatic heterocycles. The van der Waals surface area contributed by atoms with Gasteiger partial charge in [0, 0.05) is 29.2 Å². The van der Waals surface area contributed by atoms with Gasteiger partial charge in [-0.15, -0.1) is 0 Å². The van der Waals surface area contributed by atoms with E-state index < -0.39 is 17.8 Å². The van der Waals surface area contributed by atoms with E-state index in [0.29, 0.717) is 17.8 Å². The maximum Gasteiger partial charge on any atom is 0.335 e. The van der Waals surface area contributed by atoms with Gasteiger partial charge in [0.15, 0.2) is 5.78 Å². The molecule has 4 rings (SSSR count). The first kappa shape index (κ1) is 22.1. The summed E-state index contributed by atoms with van der Waals surface area (Å²) < 4.78 is 4.80. The van der Waals surface area contributed by atoms with E-state index in [1.54, 1.807) is 36.4 Å². The molecule has 6 heteroatoms. The molecule has 3 aromatic rings. The lowest BCUT2D eigenvalue weighted by atomic mass is 9.50. The van der Waals surface area contributed by atoms with Crippen LogP contribution < -0.4 is 4.74 Å². The molecule has 3 aromatic carbocycles. The number of aromatic carboxylic acids is 1. The van der Waals surface area contributed by atoms with Crippen molar-refractivity contribution in [3.63, 3.8) is 0 Å². The van der Waals surface area contributed by atoms with Gasteiger partial charge < -0.3 is 9.84 Å². The van der Waals surface area contributed by atoms with Crippen LogP contribution in [-0.2, 0) is 9.59 Å². The molecule has 1 fully saturated rings. The van der Waals surface area contributed by atoms with Gasteiger partial charge in [-0.2, -0.15) is 0 Å². The van der Waals surface area contributed by atoms with Crippen molar-refractivity contribution in [2.75, 3.05) is 0 Å². The highest BCUT2D eigenvalue weighted by Gasteiger charge is 2.56. The summed E-state index contributed by atoms with van der Waals surface area (Å²) in [5, 5.41) is 9.22. The van der Waals surface area contributed by atoms with E-state index in [4.69, 9.17) is 4.74 Å². The van der Waals surface area contributed by atoms with E-state index in [0.717, 1.165) is 11.1 Å². The van der Waals surface area contributed by atoms with Crippen molar-refractivity contribution in [2.24, 2.45) is 11.8 Å². The Morgan fingerprint density at radius 3 is 1.85 bits per heavy atom. The van der Waals surface area contributed by atoms with Crippen molar-refractivity contribution < 1.29 is 29.0 Å². The summed E-state index contributed by atoms with van der Waals surface area (Å²) in [7, 11) is 0. The summed E-state index contributed by atoms with van der Waals surface area (Å²) in [6.45, 7) is 1.81. The van der Waals surface area contributed by atoms with Crippen LogP contribution in [0, 0.1) is 11.8 Å². The van der Waals surface area contributed by atoms with Crippen molar-refractivity contribution in [2.45, 2.75) is 18.8 Å². The summed E-state index contributed by atoms with van der Waals surface area (Å²) in [6.07, 6.45) is 0. The van der Waals surface area contributed by atoms with Gasteiger partial charge in [-0.1, -0.05) is 42.5 Å². The highest BCUT2D eigenvalue weighted by atomic mass is 16.5. The minimum Gasteiger partial charge on any atom is -0.478 e. The summed E-state index contributed by atoms with van der Waals surface area (Å²) in [5.74, 6) is -2.53. The van der Waals surface area contributed by atoms with Gasteiger partial charge >= 0.3 is 5.97 Å². The number of hydrogen-bond acceptors (Lipinski definition) is 5. The SMILES string of the molecule is CC(=O)[C@H]1C(C(=O)c2ccc(OC=O)cc2)[C@@H](c2ccccc2)[C@@H]1c1ccc(C(=O)O)cc1. The molecular weight excluding hydrogens is 420 g/mol. The number of carbonyl (C=O) groups is 4. The lowest BCUT2D eigenvalue weighted by Gasteiger charge is -2.51. The first-order valence-electron chi connectivity index (χ1n) is 10.6. The molecule has 1 unspecified atom stereocenters. The van der Waals surface area contributed by atoms with E-state index in [1.807, 2.05) is 30.3 Å². The smallest absolute Gasteiger partial charge is 0.335 e. The molecule has 0 aromatic heterocycles. The largest absolute Gasteiger partial charge is 0.478 e. The molecule has 0 amide bonds. The lowest BCUT2D eigenvalue weighted by Crippen LogP contribution is -2.50. The number of ketones is 2. The topological polar surface area (TPSA) is 97.7 Å². The fourth-order valence-corrected chi connectivity index (χ4v) is 4.88. The Balaban J connectivity index is 1.74. The number of Topliss-reactive ketones (excluding diaryl/α,β-unsaturated/α-hetero) is 2. The number of carbonyl (C=O) groups excluding carboxylic acids is 3. The van der Waals surface area contributed by atoms with Crippen LogP contribution in [-0.4, -0.2) is 29.1 Å². The molecule has 0 spiro atoms. The first-order valence-corrected chi connectivity index (χ1v) is 10.6. The molecule has 33 heavy (non-hydrogen) atoms. The standard InChI is InChI=1S/C27H22O6/c1-16(29)22-23(18-7-9-20(10-8-18)27(31)32)24(17-5-3-2-4-6-17)25(22)26(30)19-11-13-21(14-12-19)33-15-28/h2-15,22-25H,1H3,(H,31,32)/t22-,23-,24+,25?/m1/s1. The molecule has 4 atom stereocenters. The second-order valence-corrected chi connectivity index (χ2v) is 8.15. The average molecular weight is 442 g/mol. The van der Waals surface area contributed by atoms with Crippen LogP contribution >= 0.6 is 0 Å². The average Bonchev–Trinajstić information content (AvgIpc) is 2.80. The van der Waals surface area contributed by atoms with Crippen LogP contribution in [0.25, 0.3) is 0 Å². The third-order valence-corrected chi connectivity index (χ3v) is 6.37. The molecule has 1 N–H and O–H groups in total. The maximum absolute atomic E-state index is 13.6. The Bertz CT molecular complexity index is 1180. The Labute approximate surface area is 190 Å². The highest BCUT2D eigenvalue weighted by molar-refractivity contribution is 6.03. The van der Waals surface area contributed by atoms with E-state index in [-0.39, 0.29) is 29.0 Å². The van der Waals surface area contributed by atoms with E-state index in [2.05, 4.69) is 0 Å². The minimum absolute atomic E-state index is 0.0891. The van der Waals surface area contributed by atoms with Gasteiger partial charge in [-0.25, -0.2) is 4.79 Å². The number of hydrogen-bond donors (Lipinski definition) is 1. The third-order valence-electron chi connectivity index (χ3n) is 6.37. The molecule has 0 saturated heterocycles. The summed E-state index contributed by atoms with van der Waals surface area (Å²) in [5.41, 5.74) is 2.37. The Morgan fingerprint density at radius 2 is 1.30 bits per heavy atom. The van der Waals surface area contributed by atoms with Crippen LogP contribution in [0.2, 0.25) is 0 Å². The number of carboxylic acid groups (broad SMARTS) is 1. The predicted octanol–water partition coefficient (Wildman–Crippen LogP) is 4.51. The zero-order valence-corrected chi connectivity index (χ0v) is 17.9. The Kier molecular flexibility index (Phi) is 6.18. The number of rotatable bonds is 8. The minimum atomic E-state index is -1.02. The lowest BCUT2D eigenvalue weighted by molar-refractivity contribution is -0.127. The Hall–Kier alpha value is -4.06. The summed E-state index contributed by atoms with van der Waals surface area (Å²) in [6, 6.07) is 22.4.